The highest BCUT2D eigenvalue weighted by atomic mass is 15.0. The molecule has 0 aliphatic carbocycles. The van der Waals surface area contributed by atoms with E-state index >= 15 is 0 Å². The Morgan fingerprint density at radius 1 is 0.192 bits per heavy atom. The Bertz CT molecular complexity index is 2150. The summed E-state index contributed by atoms with van der Waals surface area (Å²) in [5.41, 5.74) is 10.4. The van der Waals surface area contributed by atoms with Crippen molar-refractivity contribution in [1.82, 2.24) is 29.9 Å². The van der Waals surface area contributed by atoms with Crippen LogP contribution in [0.15, 0.2) is 200 Å². The number of hydrogen-bond donors (Lipinski definition) is 0. The molecule has 0 radical (unpaired) electrons. The van der Waals surface area contributed by atoms with Gasteiger partial charge in [0.25, 0.3) is 0 Å². The maximum absolute atomic E-state index is 4.55. The van der Waals surface area contributed by atoms with E-state index in [9.17, 15) is 0 Å². The largest absolute Gasteiger partial charge is 0.213 e. The zero-order valence-electron chi connectivity index (χ0n) is 48.2. The lowest BCUT2D eigenvalue weighted by Crippen LogP contribution is -1.99. The average molecular weight is 979 g/mol. The SMILES string of the molecule is CC.CC.CC.CC.CC.CC.CC.CC.Cc1cc(-c2ccccc2)cc(-c2ccccc2)c1.Cc1nc(-c2ccccc2)nc(-c2ccccc2)n1.Cc1nc(-c2ccccc2)nc(-c2ccccc2)n1. The van der Waals surface area contributed by atoms with Gasteiger partial charge in [-0.15, -0.1) is 0 Å². The minimum Gasteiger partial charge on any atom is -0.213 e. The molecule has 2 aromatic heterocycles. The maximum atomic E-state index is 4.55. The molecule has 0 atom stereocenters. The molecule has 0 N–H and O–H groups in total. The third kappa shape index (κ3) is 25.0. The van der Waals surface area contributed by atoms with Gasteiger partial charge < -0.3 is 0 Å². The molecule has 0 fully saturated rings. The van der Waals surface area contributed by atoms with E-state index in [1.165, 1.54) is 27.8 Å². The number of benzene rings is 7. The molecule has 0 spiro atoms. The molecule has 9 aromatic rings. The molecule has 2 heterocycles. The van der Waals surface area contributed by atoms with Crippen LogP contribution < -0.4 is 0 Å². The molecule has 388 valence electrons. The van der Waals surface area contributed by atoms with Gasteiger partial charge in [-0.2, -0.15) is 0 Å². The molecule has 0 saturated carbocycles. The predicted molar refractivity (Wildman–Crippen MR) is 324 cm³/mol. The first-order valence-corrected chi connectivity index (χ1v) is 26.9. The molecular formula is C67H90N6. The summed E-state index contributed by atoms with van der Waals surface area (Å²) < 4.78 is 0. The Morgan fingerprint density at radius 2 is 0.370 bits per heavy atom. The second kappa shape index (κ2) is 44.5. The standard InChI is InChI=1S/C19H16.2C16H13N3.8C2H6/c1-15-12-18(16-8-4-2-5-9-16)14-19(13-15)17-10-6-3-7-11-17;2*1-12-17-15(13-8-4-2-5-9-13)19-16(18-12)14-10-6-3-7-11-14;8*1-2/h2-14H,1H3;2*2-11H,1H3;8*1-2H3. The first-order valence-electron chi connectivity index (χ1n) is 26.9. The molecule has 0 amide bonds. The van der Waals surface area contributed by atoms with Gasteiger partial charge in [-0.1, -0.05) is 305 Å². The maximum Gasteiger partial charge on any atom is 0.163 e. The van der Waals surface area contributed by atoms with Crippen LogP contribution in [0, 0.1) is 20.8 Å². The molecule has 0 aliphatic rings. The molecule has 7 aromatic carbocycles. The third-order valence-electron chi connectivity index (χ3n) is 8.91. The van der Waals surface area contributed by atoms with Crippen molar-refractivity contribution in [2.75, 3.05) is 0 Å². The van der Waals surface area contributed by atoms with Gasteiger partial charge in [0.1, 0.15) is 11.6 Å². The molecule has 0 unspecified atom stereocenters. The highest BCUT2D eigenvalue weighted by Gasteiger charge is 2.09. The van der Waals surface area contributed by atoms with Gasteiger partial charge in [0.15, 0.2) is 23.3 Å². The summed E-state index contributed by atoms with van der Waals surface area (Å²) in [7, 11) is 0. The molecule has 73 heavy (non-hydrogen) atoms. The number of rotatable bonds is 6. The topological polar surface area (TPSA) is 77.3 Å². The lowest BCUT2D eigenvalue weighted by Gasteiger charge is -2.08. The monoisotopic (exact) mass is 979 g/mol. The molecular weight excluding hydrogens is 889 g/mol. The van der Waals surface area contributed by atoms with Gasteiger partial charge in [-0.05, 0) is 54.7 Å². The zero-order chi connectivity index (χ0) is 55.2. The quantitative estimate of drug-likeness (QED) is 0.165. The second-order valence-electron chi connectivity index (χ2n) is 13.3. The summed E-state index contributed by atoms with van der Waals surface area (Å²) in [6, 6.07) is 67.6. The van der Waals surface area contributed by atoms with Crippen molar-refractivity contribution in [3.05, 3.63) is 217 Å². The smallest absolute Gasteiger partial charge is 0.163 e. The molecule has 9 rings (SSSR count). The summed E-state index contributed by atoms with van der Waals surface area (Å²) >= 11 is 0. The van der Waals surface area contributed by atoms with E-state index in [1.807, 2.05) is 246 Å². The minimum absolute atomic E-state index is 0.715. The van der Waals surface area contributed by atoms with Crippen LogP contribution in [0.3, 0.4) is 0 Å². The Labute approximate surface area is 444 Å². The van der Waals surface area contributed by atoms with E-state index < -0.39 is 0 Å². The first kappa shape index (κ1) is 67.6. The van der Waals surface area contributed by atoms with Crippen LogP contribution in [-0.2, 0) is 0 Å². The van der Waals surface area contributed by atoms with Crippen LogP contribution in [-0.4, -0.2) is 29.9 Å². The summed E-state index contributed by atoms with van der Waals surface area (Å²) in [6.45, 7) is 37.9. The van der Waals surface area contributed by atoms with E-state index in [2.05, 4.69) is 116 Å². The van der Waals surface area contributed by atoms with Crippen molar-refractivity contribution < 1.29 is 0 Å². The first-order chi connectivity index (χ1) is 36.0. The Balaban J connectivity index is 0. The summed E-state index contributed by atoms with van der Waals surface area (Å²) in [6.07, 6.45) is 0. The van der Waals surface area contributed by atoms with Crippen molar-refractivity contribution in [2.45, 2.75) is 132 Å². The summed E-state index contributed by atoms with van der Waals surface area (Å²) in [5, 5.41) is 0. The predicted octanol–water partition coefficient (Wildman–Crippen LogP) is 20.6. The second-order valence-corrected chi connectivity index (χ2v) is 13.3. The molecule has 0 saturated heterocycles. The number of aryl methyl sites for hydroxylation is 3. The van der Waals surface area contributed by atoms with Crippen molar-refractivity contribution in [3.63, 3.8) is 0 Å². The zero-order valence-corrected chi connectivity index (χ0v) is 48.2. The van der Waals surface area contributed by atoms with Crippen molar-refractivity contribution in [3.8, 4) is 67.8 Å². The minimum atomic E-state index is 0.715. The molecule has 0 bridgehead atoms. The Hall–Kier alpha value is -7.44. The van der Waals surface area contributed by atoms with Crippen molar-refractivity contribution in [2.24, 2.45) is 0 Å². The van der Waals surface area contributed by atoms with Crippen LogP contribution in [0.2, 0.25) is 0 Å². The van der Waals surface area contributed by atoms with Crippen molar-refractivity contribution in [1.29, 1.82) is 0 Å². The lowest BCUT2D eigenvalue weighted by atomic mass is 9.97. The van der Waals surface area contributed by atoms with Gasteiger partial charge >= 0.3 is 0 Å². The van der Waals surface area contributed by atoms with E-state index in [-0.39, 0.29) is 0 Å². The molecule has 0 aliphatic heterocycles. The Morgan fingerprint density at radius 3 is 0.562 bits per heavy atom. The van der Waals surface area contributed by atoms with E-state index in [0.29, 0.717) is 23.3 Å². The van der Waals surface area contributed by atoms with Crippen LogP contribution in [0.4, 0.5) is 0 Å². The van der Waals surface area contributed by atoms with Crippen LogP contribution >= 0.6 is 0 Å². The van der Waals surface area contributed by atoms with Crippen molar-refractivity contribution >= 4 is 0 Å². The highest BCUT2D eigenvalue weighted by Crippen LogP contribution is 2.28. The highest BCUT2D eigenvalue weighted by molar-refractivity contribution is 5.74. The Kier molecular flexibility index (Phi) is 41.2. The third-order valence-corrected chi connectivity index (χ3v) is 8.91. The average Bonchev–Trinajstić information content (AvgIpc) is 3.50. The molecule has 6 heteroatoms. The van der Waals surface area contributed by atoms with Gasteiger partial charge in [0, 0.05) is 22.3 Å². The fraction of sp³-hybridized carbons (Fsp3) is 0.284. The van der Waals surface area contributed by atoms with E-state index in [4.69, 9.17) is 0 Å². The normalized spacial score (nSPS) is 8.75. The van der Waals surface area contributed by atoms with Gasteiger partial charge in [-0.25, -0.2) is 29.9 Å². The fourth-order valence-electron chi connectivity index (χ4n) is 6.21. The number of aromatic nitrogens is 6. The summed E-state index contributed by atoms with van der Waals surface area (Å²) in [4.78, 5) is 26.7. The van der Waals surface area contributed by atoms with Crippen LogP contribution in [0.1, 0.15) is 128 Å². The van der Waals surface area contributed by atoms with Gasteiger partial charge in [0.2, 0.25) is 0 Å². The van der Waals surface area contributed by atoms with E-state index in [0.717, 1.165) is 33.9 Å². The van der Waals surface area contributed by atoms with Gasteiger partial charge in [0.05, 0.1) is 0 Å². The van der Waals surface area contributed by atoms with E-state index in [1.54, 1.807) is 0 Å². The lowest BCUT2D eigenvalue weighted by molar-refractivity contribution is 0.991. The fourth-order valence-corrected chi connectivity index (χ4v) is 6.21. The number of nitrogens with zero attached hydrogens (tertiary/aromatic N) is 6. The van der Waals surface area contributed by atoms with Gasteiger partial charge in [-0.3, -0.25) is 0 Å². The molecule has 6 nitrogen and oxygen atoms in total. The van der Waals surface area contributed by atoms with Crippen LogP contribution in [0.25, 0.3) is 67.8 Å². The van der Waals surface area contributed by atoms with Crippen LogP contribution in [0.5, 0.6) is 0 Å². The number of hydrogen-bond acceptors (Lipinski definition) is 6. The summed E-state index contributed by atoms with van der Waals surface area (Å²) in [5.74, 6) is 4.32.